The molecule has 0 radical (unpaired) electrons. The first-order chi connectivity index (χ1) is 15.0. The Hall–Kier alpha value is -2.71. The van der Waals surface area contributed by atoms with Crippen LogP contribution in [-0.4, -0.2) is 47.9 Å². The SMILES string of the molecule is CCOC(=O)c1ccsc1NC(=O)CN(Cc1ccc(C(=O)NC2CC2)cc1)C1CC1. The van der Waals surface area contributed by atoms with E-state index in [1.807, 2.05) is 24.3 Å². The molecule has 0 saturated heterocycles. The van der Waals surface area contributed by atoms with Crippen molar-refractivity contribution in [1.82, 2.24) is 10.2 Å². The van der Waals surface area contributed by atoms with Crippen molar-refractivity contribution < 1.29 is 19.1 Å². The lowest BCUT2D eigenvalue weighted by molar-refractivity contribution is -0.117. The third-order valence-corrected chi connectivity index (χ3v) is 6.17. The van der Waals surface area contributed by atoms with Crippen LogP contribution in [-0.2, 0) is 16.1 Å². The summed E-state index contributed by atoms with van der Waals surface area (Å²) in [6, 6.07) is 9.98. The summed E-state index contributed by atoms with van der Waals surface area (Å²) in [5.41, 5.74) is 2.11. The number of carbonyl (C=O) groups is 3. The third kappa shape index (κ3) is 5.92. The van der Waals surface area contributed by atoms with Crippen molar-refractivity contribution in [2.75, 3.05) is 18.5 Å². The molecule has 1 aromatic heterocycles. The van der Waals surface area contributed by atoms with Crippen molar-refractivity contribution in [2.45, 2.75) is 51.2 Å². The molecule has 2 saturated carbocycles. The quantitative estimate of drug-likeness (QED) is 0.552. The number of amides is 2. The molecule has 2 aromatic rings. The van der Waals surface area contributed by atoms with Gasteiger partial charge in [-0.1, -0.05) is 12.1 Å². The van der Waals surface area contributed by atoms with Crippen molar-refractivity contribution >= 4 is 34.1 Å². The van der Waals surface area contributed by atoms with E-state index in [2.05, 4.69) is 15.5 Å². The molecule has 2 aliphatic carbocycles. The van der Waals surface area contributed by atoms with Gasteiger partial charge in [-0.3, -0.25) is 14.5 Å². The molecular formula is C23H27N3O4S. The maximum absolute atomic E-state index is 12.7. The normalized spacial score (nSPS) is 15.5. The highest BCUT2D eigenvalue weighted by atomic mass is 32.1. The van der Waals surface area contributed by atoms with E-state index in [9.17, 15) is 14.4 Å². The average Bonchev–Trinajstić information content (AvgIpc) is 3.68. The van der Waals surface area contributed by atoms with Gasteiger partial charge in [0.15, 0.2) is 0 Å². The van der Waals surface area contributed by atoms with Gasteiger partial charge in [0.2, 0.25) is 5.91 Å². The smallest absolute Gasteiger partial charge is 0.341 e. The van der Waals surface area contributed by atoms with E-state index in [4.69, 9.17) is 4.74 Å². The van der Waals surface area contributed by atoms with Crippen LogP contribution < -0.4 is 10.6 Å². The second kappa shape index (κ2) is 9.62. The number of nitrogens with one attached hydrogen (secondary N) is 2. The Kier molecular flexibility index (Phi) is 6.67. The summed E-state index contributed by atoms with van der Waals surface area (Å²) >= 11 is 1.31. The number of thiophene rings is 1. The number of ether oxygens (including phenoxy) is 1. The molecule has 0 bridgehead atoms. The van der Waals surface area contributed by atoms with Crippen LogP contribution in [0.3, 0.4) is 0 Å². The van der Waals surface area contributed by atoms with Gasteiger partial charge in [-0.05, 0) is 61.7 Å². The molecule has 0 unspecified atom stereocenters. The predicted molar refractivity (Wildman–Crippen MR) is 119 cm³/mol. The second-order valence-corrected chi connectivity index (χ2v) is 8.93. The summed E-state index contributed by atoms with van der Waals surface area (Å²) in [7, 11) is 0. The van der Waals surface area contributed by atoms with E-state index < -0.39 is 5.97 Å². The van der Waals surface area contributed by atoms with E-state index in [0.717, 1.165) is 31.2 Å². The molecule has 31 heavy (non-hydrogen) atoms. The Morgan fingerprint density at radius 3 is 2.48 bits per heavy atom. The Morgan fingerprint density at radius 2 is 1.84 bits per heavy atom. The number of hydrogen-bond acceptors (Lipinski definition) is 6. The van der Waals surface area contributed by atoms with Gasteiger partial charge in [0.05, 0.1) is 18.7 Å². The molecule has 7 nitrogen and oxygen atoms in total. The predicted octanol–water partition coefficient (Wildman–Crippen LogP) is 3.42. The summed E-state index contributed by atoms with van der Waals surface area (Å²) < 4.78 is 5.05. The standard InChI is InChI=1S/C23H27N3O4S/c1-2-30-23(29)19-11-12-31-22(19)25-20(27)14-26(18-9-10-18)13-15-3-5-16(6-4-15)21(28)24-17-7-8-17/h3-6,11-12,17-18H,2,7-10,13-14H2,1H3,(H,24,28)(H,25,27). The van der Waals surface area contributed by atoms with Gasteiger partial charge in [-0.15, -0.1) is 11.3 Å². The van der Waals surface area contributed by atoms with E-state index >= 15 is 0 Å². The summed E-state index contributed by atoms with van der Waals surface area (Å²) in [4.78, 5) is 39.0. The molecule has 164 valence electrons. The minimum atomic E-state index is -0.427. The van der Waals surface area contributed by atoms with Gasteiger partial charge in [0.25, 0.3) is 5.91 Å². The number of benzene rings is 1. The molecule has 1 aromatic carbocycles. The Bertz CT molecular complexity index is 948. The minimum absolute atomic E-state index is 0.0270. The molecule has 1 heterocycles. The lowest BCUT2D eigenvalue weighted by atomic mass is 10.1. The molecular weight excluding hydrogens is 414 g/mol. The fourth-order valence-electron chi connectivity index (χ4n) is 3.37. The van der Waals surface area contributed by atoms with Crippen LogP contribution in [0.5, 0.6) is 0 Å². The topological polar surface area (TPSA) is 87.7 Å². The summed E-state index contributed by atoms with van der Waals surface area (Å²) in [6.07, 6.45) is 4.27. The fourth-order valence-corrected chi connectivity index (χ4v) is 4.16. The van der Waals surface area contributed by atoms with Crippen molar-refractivity contribution in [1.29, 1.82) is 0 Å². The zero-order valence-corrected chi connectivity index (χ0v) is 18.4. The zero-order chi connectivity index (χ0) is 21.8. The van der Waals surface area contributed by atoms with Crippen molar-refractivity contribution in [3.8, 4) is 0 Å². The summed E-state index contributed by atoms with van der Waals surface area (Å²) in [5, 5.41) is 8.14. The van der Waals surface area contributed by atoms with Gasteiger partial charge in [-0.2, -0.15) is 0 Å². The molecule has 0 aliphatic heterocycles. The highest BCUT2D eigenvalue weighted by Gasteiger charge is 2.31. The maximum Gasteiger partial charge on any atom is 0.341 e. The highest BCUT2D eigenvalue weighted by Crippen LogP contribution is 2.29. The molecule has 2 fully saturated rings. The minimum Gasteiger partial charge on any atom is -0.462 e. The monoisotopic (exact) mass is 441 g/mol. The first-order valence-corrected chi connectivity index (χ1v) is 11.6. The van der Waals surface area contributed by atoms with E-state index in [1.54, 1.807) is 18.4 Å². The lowest BCUT2D eigenvalue weighted by Crippen LogP contribution is -2.34. The van der Waals surface area contributed by atoms with Crippen LogP contribution in [0.25, 0.3) is 0 Å². The largest absolute Gasteiger partial charge is 0.462 e. The summed E-state index contributed by atoms with van der Waals surface area (Å²) in [6.45, 7) is 2.92. The number of carbonyl (C=O) groups excluding carboxylic acids is 3. The molecule has 2 aliphatic rings. The fraction of sp³-hybridized carbons (Fsp3) is 0.435. The number of hydrogen-bond donors (Lipinski definition) is 2. The first-order valence-electron chi connectivity index (χ1n) is 10.7. The summed E-state index contributed by atoms with van der Waals surface area (Å²) in [5.74, 6) is -0.606. The lowest BCUT2D eigenvalue weighted by Gasteiger charge is -2.21. The van der Waals surface area contributed by atoms with Crippen molar-refractivity contribution in [2.24, 2.45) is 0 Å². The number of rotatable bonds is 10. The average molecular weight is 442 g/mol. The molecule has 8 heteroatoms. The van der Waals surface area contributed by atoms with Gasteiger partial charge in [0.1, 0.15) is 5.00 Å². The van der Waals surface area contributed by atoms with Crippen molar-refractivity contribution in [3.63, 3.8) is 0 Å². The van der Waals surface area contributed by atoms with Crippen LogP contribution in [0, 0.1) is 0 Å². The zero-order valence-electron chi connectivity index (χ0n) is 17.6. The molecule has 2 amide bonds. The van der Waals surface area contributed by atoms with Crippen LogP contribution in [0.4, 0.5) is 5.00 Å². The van der Waals surface area contributed by atoms with Gasteiger partial charge in [-0.25, -0.2) is 4.79 Å². The Morgan fingerprint density at radius 1 is 1.10 bits per heavy atom. The Labute approximate surface area is 185 Å². The van der Waals surface area contributed by atoms with Crippen LogP contribution >= 0.6 is 11.3 Å². The van der Waals surface area contributed by atoms with E-state index in [-0.39, 0.29) is 18.4 Å². The van der Waals surface area contributed by atoms with Gasteiger partial charge in [0, 0.05) is 24.2 Å². The van der Waals surface area contributed by atoms with Gasteiger partial charge < -0.3 is 15.4 Å². The number of nitrogens with zero attached hydrogens (tertiary/aromatic N) is 1. The Balaban J connectivity index is 1.34. The molecule has 0 atom stereocenters. The number of esters is 1. The molecule has 2 N–H and O–H groups in total. The second-order valence-electron chi connectivity index (χ2n) is 8.01. The van der Waals surface area contributed by atoms with E-state index in [1.165, 1.54) is 11.3 Å². The number of anilines is 1. The van der Waals surface area contributed by atoms with Gasteiger partial charge >= 0.3 is 5.97 Å². The first kappa shape index (κ1) is 21.5. The third-order valence-electron chi connectivity index (χ3n) is 5.34. The van der Waals surface area contributed by atoms with Crippen molar-refractivity contribution in [3.05, 3.63) is 52.4 Å². The van der Waals surface area contributed by atoms with Crippen LogP contribution in [0.1, 0.15) is 58.9 Å². The molecule has 0 spiro atoms. The molecule has 4 rings (SSSR count). The van der Waals surface area contributed by atoms with Crippen LogP contribution in [0.15, 0.2) is 35.7 Å². The maximum atomic E-state index is 12.7. The van der Waals surface area contributed by atoms with Crippen LogP contribution in [0.2, 0.25) is 0 Å². The van der Waals surface area contributed by atoms with E-state index in [0.29, 0.717) is 41.4 Å². The highest BCUT2D eigenvalue weighted by molar-refractivity contribution is 7.14.